The summed E-state index contributed by atoms with van der Waals surface area (Å²) in [4.78, 5) is 8.79. The molecule has 0 fully saturated rings. The monoisotopic (exact) mass is 226 g/mol. The van der Waals surface area contributed by atoms with Gasteiger partial charge in [-0.3, -0.25) is 0 Å². The molecule has 86 valence electrons. The molecule has 0 saturated heterocycles. The molecule has 1 aliphatic rings. The number of hydrogen-bond donors (Lipinski definition) is 2. The molecule has 4 nitrogen and oxygen atoms in total. The Morgan fingerprint density at radius 3 is 2.94 bits per heavy atom. The fourth-order valence-corrected chi connectivity index (χ4v) is 1.92. The van der Waals surface area contributed by atoms with Crippen molar-refractivity contribution in [1.82, 2.24) is 15.3 Å². The van der Waals surface area contributed by atoms with Gasteiger partial charge in [-0.1, -0.05) is 30.3 Å². The molecule has 0 atom stereocenters. The number of fused-ring (bicyclic) bond motifs is 1. The molecular formula is C13H14N4. The maximum absolute atomic E-state index is 4.48. The molecule has 1 aromatic carbocycles. The number of anilines is 1. The maximum atomic E-state index is 4.48. The minimum Gasteiger partial charge on any atom is -0.350 e. The van der Waals surface area contributed by atoms with Gasteiger partial charge in [-0.2, -0.15) is 0 Å². The van der Waals surface area contributed by atoms with E-state index in [1.165, 1.54) is 11.1 Å². The van der Waals surface area contributed by atoms with Gasteiger partial charge < -0.3 is 10.6 Å². The van der Waals surface area contributed by atoms with Crippen molar-refractivity contribution >= 4 is 5.95 Å². The van der Waals surface area contributed by atoms with E-state index >= 15 is 0 Å². The fraction of sp³-hybridized carbons (Fsp3) is 0.231. The van der Waals surface area contributed by atoms with E-state index in [9.17, 15) is 0 Å². The Morgan fingerprint density at radius 2 is 2.06 bits per heavy atom. The van der Waals surface area contributed by atoms with Crippen molar-refractivity contribution in [3.8, 4) is 0 Å². The van der Waals surface area contributed by atoms with Gasteiger partial charge in [0.15, 0.2) is 0 Å². The van der Waals surface area contributed by atoms with E-state index in [-0.39, 0.29) is 0 Å². The Hall–Kier alpha value is -1.94. The van der Waals surface area contributed by atoms with E-state index in [1.54, 1.807) is 0 Å². The summed E-state index contributed by atoms with van der Waals surface area (Å²) in [6.07, 6.45) is 1.90. The summed E-state index contributed by atoms with van der Waals surface area (Å²) in [5.74, 6) is 0.705. The van der Waals surface area contributed by atoms with E-state index in [0.29, 0.717) is 5.95 Å². The van der Waals surface area contributed by atoms with Crippen LogP contribution in [0.3, 0.4) is 0 Å². The van der Waals surface area contributed by atoms with Gasteiger partial charge in [0.05, 0.1) is 5.69 Å². The predicted octanol–water partition coefficient (Wildman–Crippen LogP) is 1.69. The Morgan fingerprint density at radius 1 is 1.18 bits per heavy atom. The molecule has 0 unspecified atom stereocenters. The molecular weight excluding hydrogens is 212 g/mol. The van der Waals surface area contributed by atoms with E-state index in [1.807, 2.05) is 24.4 Å². The zero-order valence-electron chi connectivity index (χ0n) is 9.48. The van der Waals surface area contributed by atoms with Crippen molar-refractivity contribution in [3.63, 3.8) is 0 Å². The smallest absolute Gasteiger partial charge is 0.223 e. The van der Waals surface area contributed by atoms with Gasteiger partial charge in [-0.15, -0.1) is 0 Å². The first-order valence-corrected chi connectivity index (χ1v) is 5.75. The van der Waals surface area contributed by atoms with Gasteiger partial charge in [0.2, 0.25) is 5.95 Å². The van der Waals surface area contributed by atoms with Crippen LogP contribution in [0.15, 0.2) is 36.5 Å². The summed E-state index contributed by atoms with van der Waals surface area (Å²) in [6, 6.07) is 10.2. The molecule has 0 spiro atoms. The van der Waals surface area contributed by atoms with E-state index < -0.39 is 0 Å². The minimum atomic E-state index is 0.705. The minimum absolute atomic E-state index is 0.705. The highest BCUT2D eigenvalue weighted by Crippen LogP contribution is 2.13. The molecule has 17 heavy (non-hydrogen) atoms. The van der Waals surface area contributed by atoms with Crippen molar-refractivity contribution < 1.29 is 0 Å². The zero-order chi connectivity index (χ0) is 11.5. The summed E-state index contributed by atoms with van der Waals surface area (Å²) in [5, 5.41) is 6.50. The van der Waals surface area contributed by atoms with Crippen molar-refractivity contribution in [3.05, 3.63) is 53.3 Å². The lowest BCUT2D eigenvalue weighted by Gasteiger charge is -2.05. The zero-order valence-corrected chi connectivity index (χ0v) is 9.48. The number of benzene rings is 1. The second-order valence-electron chi connectivity index (χ2n) is 4.11. The molecule has 0 bridgehead atoms. The van der Waals surface area contributed by atoms with Gasteiger partial charge >= 0.3 is 0 Å². The molecule has 2 N–H and O–H groups in total. The van der Waals surface area contributed by atoms with Gasteiger partial charge in [0, 0.05) is 31.4 Å². The average molecular weight is 226 g/mol. The highest BCUT2D eigenvalue weighted by Gasteiger charge is 2.12. The van der Waals surface area contributed by atoms with Crippen LogP contribution in [-0.2, 0) is 19.6 Å². The first-order chi connectivity index (χ1) is 8.42. The molecule has 0 amide bonds. The number of hydrogen-bond acceptors (Lipinski definition) is 4. The standard InChI is InChI=1S/C13H14N4/c1-2-4-10(5-3-1)6-15-13-16-8-11-7-14-9-12(11)17-13/h1-5,8,14H,6-7,9H2,(H,15,16,17). The predicted molar refractivity (Wildman–Crippen MR) is 66.3 cm³/mol. The first-order valence-electron chi connectivity index (χ1n) is 5.75. The van der Waals surface area contributed by atoms with Crippen LogP contribution in [0.25, 0.3) is 0 Å². The Kier molecular flexibility index (Phi) is 2.71. The highest BCUT2D eigenvalue weighted by molar-refractivity contribution is 5.32. The van der Waals surface area contributed by atoms with Crippen LogP contribution in [0.4, 0.5) is 5.95 Å². The Labute approximate surface area is 100 Å². The van der Waals surface area contributed by atoms with Crippen molar-refractivity contribution in [2.24, 2.45) is 0 Å². The Balaban J connectivity index is 1.70. The summed E-state index contributed by atoms with van der Waals surface area (Å²) >= 11 is 0. The molecule has 1 aliphatic heterocycles. The third-order valence-electron chi connectivity index (χ3n) is 2.86. The first kappa shape index (κ1) is 10.2. The lowest BCUT2D eigenvalue weighted by molar-refractivity contribution is 0.757. The second-order valence-corrected chi connectivity index (χ2v) is 4.11. The van der Waals surface area contributed by atoms with Gasteiger partial charge in [0.25, 0.3) is 0 Å². The number of nitrogens with one attached hydrogen (secondary N) is 2. The van der Waals surface area contributed by atoms with Crippen molar-refractivity contribution in [2.45, 2.75) is 19.6 Å². The Bertz CT molecular complexity index is 510. The van der Waals surface area contributed by atoms with Crippen LogP contribution >= 0.6 is 0 Å². The van der Waals surface area contributed by atoms with Gasteiger partial charge in [-0.25, -0.2) is 9.97 Å². The second kappa shape index (κ2) is 4.51. The maximum Gasteiger partial charge on any atom is 0.223 e. The molecule has 2 heterocycles. The van der Waals surface area contributed by atoms with Crippen LogP contribution in [0.1, 0.15) is 16.8 Å². The molecule has 0 saturated carbocycles. The van der Waals surface area contributed by atoms with Gasteiger partial charge in [0.1, 0.15) is 0 Å². The normalized spacial score (nSPS) is 13.4. The van der Waals surface area contributed by atoms with Crippen LogP contribution in [0, 0.1) is 0 Å². The summed E-state index contributed by atoms with van der Waals surface area (Å²) < 4.78 is 0. The molecule has 1 aromatic heterocycles. The molecule has 0 radical (unpaired) electrons. The van der Waals surface area contributed by atoms with E-state index in [2.05, 4.69) is 32.7 Å². The van der Waals surface area contributed by atoms with Gasteiger partial charge in [-0.05, 0) is 5.56 Å². The lowest BCUT2D eigenvalue weighted by atomic mass is 10.2. The van der Waals surface area contributed by atoms with Crippen molar-refractivity contribution in [2.75, 3.05) is 5.32 Å². The highest BCUT2D eigenvalue weighted by atomic mass is 15.1. The van der Waals surface area contributed by atoms with E-state index in [4.69, 9.17) is 0 Å². The number of nitrogens with zero attached hydrogens (tertiary/aromatic N) is 2. The van der Waals surface area contributed by atoms with Crippen LogP contribution < -0.4 is 10.6 Å². The largest absolute Gasteiger partial charge is 0.350 e. The number of aromatic nitrogens is 2. The van der Waals surface area contributed by atoms with Crippen LogP contribution in [-0.4, -0.2) is 9.97 Å². The van der Waals surface area contributed by atoms with Crippen molar-refractivity contribution in [1.29, 1.82) is 0 Å². The summed E-state index contributed by atoms with van der Waals surface area (Å²) in [5.41, 5.74) is 3.54. The molecule has 2 aromatic rings. The topological polar surface area (TPSA) is 49.8 Å². The average Bonchev–Trinajstić information content (AvgIpc) is 2.85. The summed E-state index contributed by atoms with van der Waals surface area (Å²) in [7, 11) is 0. The fourth-order valence-electron chi connectivity index (χ4n) is 1.92. The third kappa shape index (κ3) is 2.26. The lowest BCUT2D eigenvalue weighted by Crippen LogP contribution is -2.05. The number of rotatable bonds is 3. The SMILES string of the molecule is c1ccc(CNc2ncc3c(n2)CNC3)cc1. The summed E-state index contributed by atoms with van der Waals surface area (Å²) in [6.45, 7) is 2.49. The quantitative estimate of drug-likeness (QED) is 0.836. The van der Waals surface area contributed by atoms with Crippen LogP contribution in [0.5, 0.6) is 0 Å². The third-order valence-corrected chi connectivity index (χ3v) is 2.86. The van der Waals surface area contributed by atoms with E-state index in [0.717, 1.165) is 25.3 Å². The van der Waals surface area contributed by atoms with Crippen LogP contribution in [0.2, 0.25) is 0 Å². The molecule has 3 rings (SSSR count). The molecule has 0 aliphatic carbocycles. The molecule has 4 heteroatoms.